The molecule has 2 rings (SSSR count). The summed E-state index contributed by atoms with van der Waals surface area (Å²) in [5.41, 5.74) is 5.60. The van der Waals surface area contributed by atoms with Crippen LogP contribution in [-0.2, 0) is 21.1 Å². The van der Waals surface area contributed by atoms with Crippen molar-refractivity contribution in [2.45, 2.75) is 19.6 Å². The summed E-state index contributed by atoms with van der Waals surface area (Å²) in [7, 11) is 0. The van der Waals surface area contributed by atoms with Gasteiger partial charge in [0.05, 0.1) is 19.5 Å². The number of ether oxygens (including phenoxy) is 1. The summed E-state index contributed by atoms with van der Waals surface area (Å²) in [5.74, 6) is -2.70. The standard InChI is InChI=1S/C8H11N5O3.C4H6O4/c9-8-11-6-5(7(15)12-8)10-3-13(6)4-16-2-1-14;5-3(6)1-2-4(7)8/h3,14H,1-2,4H2,(H3,9,11,12,15);1-2H2,(H,5,6)(H,7,8)/p-2. The molecule has 0 atom stereocenters. The Morgan fingerprint density at radius 2 is 1.96 bits per heavy atom. The van der Waals surface area contributed by atoms with Crippen molar-refractivity contribution in [3.8, 4) is 0 Å². The summed E-state index contributed by atoms with van der Waals surface area (Å²) < 4.78 is 6.63. The molecule has 2 aromatic heterocycles. The third kappa shape index (κ3) is 6.02. The van der Waals surface area contributed by atoms with Gasteiger partial charge in [-0.1, -0.05) is 0 Å². The highest BCUT2D eigenvalue weighted by molar-refractivity contribution is 5.72. The molecule has 2 heterocycles. The van der Waals surface area contributed by atoms with Crippen LogP contribution in [0.1, 0.15) is 12.8 Å². The quantitative estimate of drug-likeness (QED) is 0.416. The summed E-state index contributed by atoms with van der Waals surface area (Å²) in [6.45, 7) is 0.300. The molecule has 0 aliphatic heterocycles. The molecule has 0 saturated heterocycles. The number of nitrogens with zero attached hydrogens (tertiary/aromatic N) is 3. The number of rotatable bonds is 7. The molecule has 4 N–H and O–H groups in total. The summed E-state index contributed by atoms with van der Waals surface area (Å²) >= 11 is 0. The van der Waals surface area contributed by atoms with Gasteiger partial charge in [0, 0.05) is 11.9 Å². The fraction of sp³-hybridized carbons (Fsp3) is 0.417. The summed E-state index contributed by atoms with van der Waals surface area (Å²) in [6.07, 6.45) is 0.494. The number of carboxylic acids is 2. The average Bonchev–Trinajstić information content (AvgIpc) is 2.89. The number of hydrogen-bond donors (Lipinski definition) is 3. The number of carbonyl (C=O) groups excluding carboxylic acids is 2. The number of fused-ring (bicyclic) bond motifs is 1. The van der Waals surface area contributed by atoms with E-state index in [1.807, 2.05) is 0 Å². The Labute approximate surface area is 134 Å². The van der Waals surface area contributed by atoms with Gasteiger partial charge in [-0.2, -0.15) is 4.98 Å². The highest BCUT2D eigenvalue weighted by Gasteiger charge is 2.08. The van der Waals surface area contributed by atoms with E-state index in [-0.39, 0.29) is 37.0 Å². The minimum Gasteiger partial charge on any atom is -0.550 e. The van der Waals surface area contributed by atoms with Gasteiger partial charge in [-0.25, -0.2) is 4.98 Å². The number of H-pyrrole nitrogens is 1. The predicted molar refractivity (Wildman–Crippen MR) is 74.8 cm³/mol. The number of aliphatic hydroxyl groups is 1. The first kappa shape index (κ1) is 19.1. The maximum Gasteiger partial charge on any atom is 0.280 e. The van der Waals surface area contributed by atoms with Crippen molar-refractivity contribution in [2.75, 3.05) is 18.9 Å². The van der Waals surface area contributed by atoms with Crippen molar-refractivity contribution in [1.82, 2.24) is 19.5 Å². The zero-order valence-corrected chi connectivity index (χ0v) is 12.4. The van der Waals surface area contributed by atoms with Gasteiger partial charge < -0.3 is 35.4 Å². The largest absolute Gasteiger partial charge is 0.550 e. The highest BCUT2D eigenvalue weighted by atomic mass is 16.5. The molecule has 0 radical (unpaired) electrons. The molecule has 12 nitrogen and oxygen atoms in total. The number of nitrogen functional groups attached to an aromatic ring is 1. The van der Waals surface area contributed by atoms with E-state index in [2.05, 4.69) is 15.0 Å². The molecular formula is C12H15N5O7-2. The fourth-order valence-corrected chi connectivity index (χ4v) is 1.50. The summed E-state index contributed by atoms with van der Waals surface area (Å²) in [5, 5.41) is 27.6. The molecule has 24 heavy (non-hydrogen) atoms. The van der Waals surface area contributed by atoms with Crippen LogP contribution in [0, 0.1) is 0 Å². The number of carbonyl (C=O) groups is 2. The SMILES string of the molecule is Nc1nc2c(ncn2COCCO)c(=O)[nH]1.O=C([O-])CCC(=O)[O-]. The Bertz CT molecular complexity index is 740. The molecule has 0 saturated carbocycles. The van der Waals surface area contributed by atoms with Crippen molar-refractivity contribution in [3.05, 3.63) is 16.7 Å². The van der Waals surface area contributed by atoms with Gasteiger partial charge in [0.1, 0.15) is 6.73 Å². The van der Waals surface area contributed by atoms with Gasteiger partial charge in [-0.15, -0.1) is 0 Å². The predicted octanol–water partition coefficient (Wildman–Crippen LogP) is -4.07. The number of anilines is 1. The first-order valence-corrected chi connectivity index (χ1v) is 6.64. The lowest BCUT2D eigenvalue weighted by Crippen LogP contribution is -2.27. The van der Waals surface area contributed by atoms with E-state index in [0.717, 1.165) is 0 Å². The normalized spacial score (nSPS) is 10.2. The van der Waals surface area contributed by atoms with E-state index >= 15 is 0 Å². The smallest absolute Gasteiger partial charge is 0.280 e. The van der Waals surface area contributed by atoms with Gasteiger partial charge in [0.25, 0.3) is 5.56 Å². The molecule has 0 bridgehead atoms. The number of aliphatic hydroxyl groups excluding tert-OH is 1. The molecule has 0 spiro atoms. The number of nitrogens with two attached hydrogens (primary N) is 1. The van der Waals surface area contributed by atoms with Crippen molar-refractivity contribution < 1.29 is 29.6 Å². The van der Waals surface area contributed by atoms with Crippen LogP contribution in [0.4, 0.5) is 5.95 Å². The molecule has 0 unspecified atom stereocenters. The number of carboxylic acid groups (broad SMARTS) is 2. The Morgan fingerprint density at radius 1 is 1.33 bits per heavy atom. The van der Waals surface area contributed by atoms with E-state index in [4.69, 9.17) is 15.6 Å². The zero-order chi connectivity index (χ0) is 18.1. The molecule has 0 aromatic carbocycles. The van der Waals surface area contributed by atoms with Crippen molar-refractivity contribution >= 4 is 29.1 Å². The minimum atomic E-state index is -1.37. The van der Waals surface area contributed by atoms with E-state index in [1.165, 1.54) is 10.9 Å². The molecule has 0 aliphatic rings. The number of aromatic amines is 1. The molecule has 0 aliphatic carbocycles. The second kappa shape index (κ2) is 9.22. The Balaban J connectivity index is 0.000000307. The van der Waals surface area contributed by atoms with Crippen LogP contribution in [0.5, 0.6) is 0 Å². The van der Waals surface area contributed by atoms with Crippen LogP contribution in [0.2, 0.25) is 0 Å². The molecule has 2 aromatic rings. The van der Waals surface area contributed by atoms with Gasteiger partial charge in [0.2, 0.25) is 5.95 Å². The molecule has 12 heteroatoms. The second-order valence-corrected chi connectivity index (χ2v) is 4.34. The topological polar surface area (TPSA) is 199 Å². The molecular weight excluding hydrogens is 326 g/mol. The zero-order valence-electron chi connectivity index (χ0n) is 12.4. The molecule has 0 amide bonds. The van der Waals surface area contributed by atoms with Gasteiger partial charge in [-0.3, -0.25) is 14.3 Å². The lowest BCUT2D eigenvalue weighted by Gasteiger charge is -2.03. The molecule has 132 valence electrons. The van der Waals surface area contributed by atoms with Gasteiger partial charge >= 0.3 is 0 Å². The monoisotopic (exact) mass is 341 g/mol. The van der Waals surface area contributed by atoms with E-state index in [0.29, 0.717) is 5.65 Å². The lowest BCUT2D eigenvalue weighted by atomic mass is 10.3. The van der Waals surface area contributed by atoms with Crippen LogP contribution < -0.4 is 21.5 Å². The third-order valence-corrected chi connectivity index (χ3v) is 2.49. The van der Waals surface area contributed by atoms with Crippen molar-refractivity contribution in [2.24, 2.45) is 0 Å². The highest BCUT2D eigenvalue weighted by Crippen LogP contribution is 2.05. The van der Waals surface area contributed by atoms with E-state index in [1.54, 1.807) is 0 Å². The number of imidazole rings is 1. The van der Waals surface area contributed by atoms with Crippen LogP contribution in [0.3, 0.4) is 0 Å². The van der Waals surface area contributed by atoms with E-state index in [9.17, 15) is 24.6 Å². The maximum atomic E-state index is 11.4. The second-order valence-electron chi connectivity index (χ2n) is 4.34. The van der Waals surface area contributed by atoms with Crippen molar-refractivity contribution in [1.29, 1.82) is 0 Å². The number of aromatic nitrogens is 4. The van der Waals surface area contributed by atoms with Crippen LogP contribution >= 0.6 is 0 Å². The number of nitrogens with one attached hydrogen (secondary N) is 1. The van der Waals surface area contributed by atoms with Crippen LogP contribution in [0.15, 0.2) is 11.1 Å². The summed E-state index contributed by atoms with van der Waals surface area (Å²) in [4.78, 5) is 40.6. The maximum absolute atomic E-state index is 11.4. The summed E-state index contributed by atoms with van der Waals surface area (Å²) in [6, 6.07) is 0. The first-order valence-electron chi connectivity index (χ1n) is 6.64. The van der Waals surface area contributed by atoms with Gasteiger partial charge in [0.15, 0.2) is 11.2 Å². The number of hydrogen-bond acceptors (Lipinski definition) is 10. The Hall–Kier alpha value is -2.99. The molecule has 0 fully saturated rings. The minimum absolute atomic E-state index is 0.0291. The van der Waals surface area contributed by atoms with E-state index < -0.39 is 24.8 Å². The van der Waals surface area contributed by atoms with Crippen LogP contribution in [-0.4, -0.2) is 49.8 Å². The van der Waals surface area contributed by atoms with Crippen molar-refractivity contribution in [3.63, 3.8) is 0 Å². The van der Waals surface area contributed by atoms with Gasteiger partial charge in [-0.05, 0) is 12.8 Å². The first-order chi connectivity index (χ1) is 11.3. The lowest BCUT2D eigenvalue weighted by molar-refractivity contribution is -0.315. The Morgan fingerprint density at radius 3 is 2.50 bits per heavy atom. The average molecular weight is 341 g/mol. The van der Waals surface area contributed by atoms with Crippen LogP contribution in [0.25, 0.3) is 11.2 Å². The fourth-order valence-electron chi connectivity index (χ4n) is 1.50. The number of aliphatic carboxylic acids is 2. The third-order valence-electron chi connectivity index (χ3n) is 2.49. The Kier molecular flexibility index (Phi) is 7.32.